The molecule has 0 bridgehead atoms. The second-order valence-electron chi connectivity index (χ2n) is 5.63. The van der Waals surface area contributed by atoms with Gasteiger partial charge >= 0.3 is 6.18 Å². The molecule has 1 aromatic carbocycles. The van der Waals surface area contributed by atoms with Crippen molar-refractivity contribution in [2.75, 3.05) is 6.26 Å². The van der Waals surface area contributed by atoms with E-state index in [4.69, 9.17) is 11.1 Å². The number of nitrogen functional groups attached to an aromatic ring is 1. The highest BCUT2D eigenvalue weighted by Crippen LogP contribution is 2.44. The number of benzene rings is 1. The third kappa shape index (κ3) is 4.02. The van der Waals surface area contributed by atoms with Crippen LogP contribution in [-0.4, -0.2) is 17.1 Å². The van der Waals surface area contributed by atoms with Gasteiger partial charge in [0.15, 0.2) is 5.38 Å². The average molecular weight is 433 g/mol. The van der Waals surface area contributed by atoms with E-state index in [2.05, 4.69) is 4.98 Å². The quantitative estimate of drug-likeness (QED) is 0.177. The Morgan fingerprint density at radius 3 is 2.56 bits per heavy atom. The fourth-order valence-electron chi connectivity index (χ4n) is 2.51. The van der Waals surface area contributed by atoms with Crippen molar-refractivity contribution in [1.29, 1.82) is 5.41 Å². The molecule has 0 aliphatic carbocycles. The topological polar surface area (TPSA) is 62.8 Å². The summed E-state index contributed by atoms with van der Waals surface area (Å²) < 4.78 is 53.6. The van der Waals surface area contributed by atoms with Crippen LogP contribution in [0, 0.1) is 11.2 Å². The van der Waals surface area contributed by atoms with E-state index in [1.165, 1.54) is 23.1 Å². The summed E-state index contributed by atoms with van der Waals surface area (Å²) in [4.78, 5) is 5.10. The lowest BCUT2D eigenvalue weighted by Gasteiger charge is -2.07. The summed E-state index contributed by atoms with van der Waals surface area (Å²) in [5.74, 6) is -1.01. The molecule has 2 aromatic heterocycles. The summed E-state index contributed by atoms with van der Waals surface area (Å²) in [6.07, 6.45) is -0.851. The van der Waals surface area contributed by atoms with Crippen LogP contribution in [0.25, 0.3) is 21.8 Å². The van der Waals surface area contributed by atoms with Crippen LogP contribution in [0.15, 0.2) is 33.9 Å². The Labute approximate surface area is 163 Å². The maximum Gasteiger partial charge on any atom is 0.416 e. The number of alkyl halides is 3. The summed E-state index contributed by atoms with van der Waals surface area (Å²) in [6.45, 7) is 0. The van der Waals surface area contributed by atoms with E-state index < -0.39 is 28.0 Å². The molecule has 0 aliphatic rings. The van der Waals surface area contributed by atoms with Crippen molar-refractivity contribution >= 4 is 39.4 Å². The van der Waals surface area contributed by atoms with E-state index in [-0.39, 0.29) is 11.4 Å². The molecule has 3 rings (SSSR count). The van der Waals surface area contributed by atoms with Gasteiger partial charge in [-0.05, 0) is 30.5 Å². The van der Waals surface area contributed by atoms with Gasteiger partial charge in [0.1, 0.15) is 23.6 Å². The summed E-state index contributed by atoms with van der Waals surface area (Å²) >= 11 is 2.85. The molecule has 3 aromatic rings. The van der Waals surface area contributed by atoms with Crippen molar-refractivity contribution in [3.05, 3.63) is 45.9 Å². The van der Waals surface area contributed by atoms with Crippen LogP contribution in [0.4, 0.5) is 17.6 Å². The SMILES string of the molecule is CSc1sc(C(=N)N)cc1-c1nc(-c2cc(F)cc(C(F)(F)F)c2)c[s+]1C. The number of halogens is 4. The third-order valence-corrected chi connectivity index (χ3v) is 7.52. The molecule has 0 aliphatic heterocycles. The number of thioether (sulfide) groups is 1. The molecular weight excluding hydrogens is 418 g/mol. The zero-order valence-corrected chi connectivity index (χ0v) is 16.6. The number of thiophene rings is 1. The zero-order chi connectivity index (χ0) is 19.9. The fraction of sp³-hybridized carbons (Fsp3) is 0.176. The van der Waals surface area contributed by atoms with Crippen LogP contribution in [0.5, 0.6) is 0 Å². The van der Waals surface area contributed by atoms with E-state index in [1.54, 1.807) is 11.4 Å². The Kier molecular flexibility index (Phi) is 5.33. The van der Waals surface area contributed by atoms with Gasteiger partial charge in [-0.3, -0.25) is 5.41 Å². The minimum atomic E-state index is -4.63. The lowest BCUT2D eigenvalue weighted by molar-refractivity contribution is -0.137. The first-order chi connectivity index (χ1) is 12.6. The third-order valence-electron chi connectivity index (χ3n) is 3.72. The summed E-state index contributed by atoms with van der Waals surface area (Å²) in [7, 11) is -0.472. The Bertz CT molecular complexity index is 1020. The van der Waals surface area contributed by atoms with Crippen molar-refractivity contribution in [3.63, 3.8) is 0 Å². The first-order valence-corrected chi connectivity index (χ1v) is 11.2. The minimum absolute atomic E-state index is 0.0516. The smallest absolute Gasteiger partial charge is 0.383 e. The van der Waals surface area contributed by atoms with Crippen LogP contribution >= 0.6 is 33.6 Å². The second-order valence-corrected chi connectivity index (χ2v) is 9.50. The molecule has 142 valence electrons. The highest BCUT2D eigenvalue weighted by Gasteiger charge is 2.32. The molecule has 0 spiro atoms. The van der Waals surface area contributed by atoms with Gasteiger partial charge in [-0.2, -0.15) is 18.2 Å². The summed E-state index contributed by atoms with van der Waals surface area (Å²) in [5.41, 5.74) is 5.72. The lowest BCUT2D eigenvalue weighted by Crippen LogP contribution is -2.08. The number of aryl methyl sites for hydroxylation is 1. The number of hydrogen-bond acceptors (Lipinski definition) is 4. The van der Waals surface area contributed by atoms with E-state index in [0.29, 0.717) is 21.6 Å². The number of thiazole rings is 1. The van der Waals surface area contributed by atoms with Gasteiger partial charge in [-0.1, -0.05) is 0 Å². The number of rotatable bonds is 4. The number of nitrogens with zero attached hydrogens (tertiary/aromatic N) is 1. The van der Waals surface area contributed by atoms with Crippen molar-refractivity contribution in [1.82, 2.24) is 4.98 Å². The van der Waals surface area contributed by atoms with Gasteiger partial charge in [0.25, 0.3) is 5.01 Å². The Hall–Kier alpha value is -1.91. The summed E-state index contributed by atoms with van der Waals surface area (Å²) in [5, 5.41) is 10.0. The van der Waals surface area contributed by atoms with E-state index in [0.717, 1.165) is 21.9 Å². The molecule has 3 nitrogen and oxygen atoms in total. The van der Waals surface area contributed by atoms with E-state index in [1.807, 2.05) is 12.5 Å². The van der Waals surface area contributed by atoms with Crippen molar-refractivity contribution in [2.45, 2.75) is 10.4 Å². The first kappa shape index (κ1) is 19.8. The molecule has 10 heteroatoms. The van der Waals surface area contributed by atoms with Crippen molar-refractivity contribution in [2.24, 2.45) is 12.0 Å². The Morgan fingerprint density at radius 2 is 1.96 bits per heavy atom. The van der Waals surface area contributed by atoms with Gasteiger partial charge in [0.2, 0.25) is 0 Å². The molecule has 0 saturated carbocycles. The normalized spacial score (nSPS) is 12.4. The minimum Gasteiger partial charge on any atom is -0.383 e. The standard InChI is InChI=1S/C17H14F4N3S3/c1-25-16-11(6-13(26-16)14(22)23)15-24-12(7-27(15)2)8-3-9(17(19,20)21)5-10(18)4-8/h3-7H,1-2H3,(H3,22,23)/q+1. The largest absolute Gasteiger partial charge is 0.416 e. The van der Waals surface area contributed by atoms with Crippen LogP contribution in [0.2, 0.25) is 0 Å². The molecule has 0 saturated heterocycles. The number of nitrogens with two attached hydrogens (primary N) is 1. The molecule has 1 unspecified atom stereocenters. The van der Waals surface area contributed by atoms with Crippen LogP contribution in [0.1, 0.15) is 10.4 Å². The predicted octanol–water partition coefficient (Wildman–Crippen LogP) is 5.93. The fourth-order valence-corrected chi connectivity index (χ4v) is 5.75. The van der Waals surface area contributed by atoms with E-state index in [9.17, 15) is 17.6 Å². The van der Waals surface area contributed by atoms with Gasteiger partial charge in [-0.15, -0.1) is 23.1 Å². The summed E-state index contributed by atoms with van der Waals surface area (Å²) in [6, 6.07) is 4.20. The highest BCUT2D eigenvalue weighted by molar-refractivity contribution is 8.00. The Balaban J connectivity index is 2.11. The first-order valence-electron chi connectivity index (χ1n) is 7.46. The van der Waals surface area contributed by atoms with Gasteiger partial charge in [-0.25, -0.2) is 4.39 Å². The van der Waals surface area contributed by atoms with E-state index >= 15 is 0 Å². The monoisotopic (exact) mass is 432 g/mol. The van der Waals surface area contributed by atoms with Crippen LogP contribution in [0.3, 0.4) is 0 Å². The maximum atomic E-state index is 13.7. The van der Waals surface area contributed by atoms with Crippen LogP contribution in [-0.2, 0) is 12.4 Å². The molecule has 27 heavy (non-hydrogen) atoms. The number of aromatic nitrogens is 1. The molecule has 3 N–H and O–H groups in total. The Morgan fingerprint density at radius 1 is 1.26 bits per heavy atom. The van der Waals surface area contributed by atoms with Gasteiger partial charge in [0.05, 0.1) is 20.2 Å². The van der Waals surface area contributed by atoms with Crippen molar-refractivity contribution in [3.8, 4) is 21.8 Å². The molecular formula is C17H14F4N3S3+. The number of hydrogen-bond donors (Lipinski definition) is 2. The highest BCUT2D eigenvalue weighted by atomic mass is 32.2. The maximum absolute atomic E-state index is 13.7. The molecule has 0 fully saturated rings. The second kappa shape index (κ2) is 7.25. The average Bonchev–Trinajstić information content (AvgIpc) is 3.16. The molecule has 0 radical (unpaired) electrons. The zero-order valence-electron chi connectivity index (χ0n) is 14.1. The molecule has 2 heterocycles. The van der Waals surface area contributed by atoms with Crippen LogP contribution < -0.4 is 5.73 Å². The van der Waals surface area contributed by atoms with Gasteiger partial charge in [0, 0.05) is 16.0 Å². The molecule has 0 amide bonds. The molecule has 1 atom stereocenters. The van der Waals surface area contributed by atoms with Crippen molar-refractivity contribution < 1.29 is 17.6 Å². The van der Waals surface area contributed by atoms with Gasteiger partial charge < -0.3 is 5.73 Å². The lowest BCUT2D eigenvalue weighted by atomic mass is 10.1. The number of nitrogens with one attached hydrogen (secondary N) is 1. The predicted molar refractivity (Wildman–Crippen MR) is 104 cm³/mol. The number of amidine groups is 1.